The first-order chi connectivity index (χ1) is 8.99. The van der Waals surface area contributed by atoms with E-state index in [1.165, 1.54) is 6.92 Å². The van der Waals surface area contributed by atoms with Gasteiger partial charge in [0.2, 0.25) is 5.91 Å². The molecule has 19 heavy (non-hydrogen) atoms. The second-order valence-electron chi connectivity index (χ2n) is 4.41. The third-order valence-electron chi connectivity index (χ3n) is 2.73. The van der Waals surface area contributed by atoms with E-state index in [0.717, 1.165) is 19.2 Å². The fraction of sp³-hybridized carbons (Fsp3) is 0.455. The summed E-state index contributed by atoms with van der Waals surface area (Å²) in [6, 6.07) is -0.543. The Balaban J connectivity index is 1.97. The van der Waals surface area contributed by atoms with Crippen molar-refractivity contribution in [2.24, 2.45) is 0 Å². The molecule has 1 aliphatic rings. The van der Waals surface area contributed by atoms with Crippen LogP contribution in [0.5, 0.6) is 0 Å². The molecule has 1 aliphatic carbocycles. The number of rotatable bonds is 5. The second-order valence-corrected chi connectivity index (χ2v) is 4.41. The monoisotopic (exact) mass is 266 g/mol. The van der Waals surface area contributed by atoms with Gasteiger partial charge in [0.05, 0.1) is 6.33 Å². The SMILES string of the molecule is CC(NC(=O)c1nc[nH]c1C(=O)O)C(=O)NC1CC1. The van der Waals surface area contributed by atoms with Gasteiger partial charge in [0.25, 0.3) is 5.91 Å². The maximum absolute atomic E-state index is 11.8. The fourth-order valence-electron chi connectivity index (χ4n) is 1.51. The van der Waals surface area contributed by atoms with Crippen LogP contribution in [0.2, 0.25) is 0 Å². The van der Waals surface area contributed by atoms with Crippen molar-refractivity contribution in [1.82, 2.24) is 20.6 Å². The summed E-state index contributed by atoms with van der Waals surface area (Å²) in [5.74, 6) is -2.27. The van der Waals surface area contributed by atoms with Crippen molar-refractivity contribution >= 4 is 17.8 Å². The Bertz CT molecular complexity index is 521. The number of carbonyl (C=O) groups is 3. The van der Waals surface area contributed by atoms with Crippen LogP contribution in [0.1, 0.15) is 40.7 Å². The summed E-state index contributed by atoms with van der Waals surface area (Å²) >= 11 is 0. The lowest BCUT2D eigenvalue weighted by atomic mass is 10.2. The number of aromatic carboxylic acids is 1. The number of aromatic amines is 1. The van der Waals surface area contributed by atoms with Gasteiger partial charge in [-0.3, -0.25) is 9.59 Å². The molecule has 8 heteroatoms. The van der Waals surface area contributed by atoms with Gasteiger partial charge >= 0.3 is 5.97 Å². The zero-order valence-corrected chi connectivity index (χ0v) is 10.3. The van der Waals surface area contributed by atoms with E-state index in [9.17, 15) is 14.4 Å². The molecule has 1 aromatic rings. The molecule has 2 amide bonds. The number of imidazole rings is 1. The number of aromatic nitrogens is 2. The quantitative estimate of drug-likeness (QED) is 0.572. The van der Waals surface area contributed by atoms with Crippen molar-refractivity contribution in [2.75, 3.05) is 0 Å². The number of nitrogens with one attached hydrogen (secondary N) is 3. The van der Waals surface area contributed by atoms with E-state index in [0.29, 0.717) is 0 Å². The van der Waals surface area contributed by atoms with Gasteiger partial charge in [-0.05, 0) is 19.8 Å². The summed E-state index contributed by atoms with van der Waals surface area (Å²) in [5, 5.41) is 14.0. The standard InChI is InChI=1S/C11H14N4O4/c1-5(9(16)15-6-2-3-6)14-10(17)7-8(11(18)19)13-4-12-7/h4-6H,2-3H2,1H3,(H,12,13)(H,14,17)(H,15,16)(H,18,19). The van der Waals surface area contributed by atoms with E-state index in [-0.39, 0.29) is 23.3 Å². The van der Waals surface area contributed by atoms with Crippen LogP contribution < -0.4 is 10.6 Å². The molecule has 0 aromatic carbocycles. The maximum atomic E-state index is 11.8. The van der Waals surface area contributed by atoms with Crippen molar-refractivity contribution in [2.45, 2.75) is 31.8 Å². The number of carbonyl (C=O) groups excluding carboxylic acids is 2. The Labute approximate surface area is 108 Å². The highest BCUT2D eigenvalue weighted by Crippen LogP contribution is 2.18. The summed E-state index contributed by atoms with van der Waals surface area (Å²) in [6.45, 7) is 1.53. The second kappa shape index (κ2) is 5.09. The average molecular weight is 266 g/mol. The van der Waals surface area contributed by atoms with Crippen molar-refractivity contribution in [3.05, 3.63) is 17.7 Å². The molecule has 1 aromatic heterocycles. The van der Waals surface area contributed by atoms with E-state index in [2.05, 4.69) is 20.6 Å². The lowest BCUT2D eigenvalue weighted by Gasteiger charge is -2.13. The van der Waals surface area contributed by atoms with Gasteiger partial charge in [-0.25, -0.2) is 9.78 Å². The molecule has 1 atom stereocenters. The average Bonchev–Trinajstić information content (AvgIpc) is 3.01. The summed E-state index contributed by atoms with van der Waals surface area (Å²) in [5.41, 5.74) is -0.536. The molecular weight excluding hydrogens is 252 g/mol. The highest BCUT2D eigenvalue weighted by molar-refractivity contribution is 6.03. The van der Waals surface area contributed by atoms with Gasteiger partial charge in [-0.2, -0.15) is 0 Å². The molecule has 0 radical (unpaired) electrons. The summed E-state index contributed by atoms with van der Waals surface area (Å²) < 4.78 is 0. The lowest BCUT2D eigenvalue weighted by Crippen LogP contribution is -2.45. The first kappa shape index (κ1) is 13.1. The molecule has 2 rings (SSSR count). The van der Waals surface area contributed by atoms with Crippen LogP contribution in [0, 0.1) is 0 Å². The lowest BCUT2D eigenvalue weighted by molar-refractivity contribution is -0.122. The smallest absolute Gasteiger partial charge is 0.354 e. The Morgan fingerprint density at radius 3 is 2.74 bits per heavy atom. The highest BCUT2D eigenvalue weighted by atomic mass is 16.4. The minimum absolute atomic E-state index is 0.201. The van der Waals surface area contributed by atoms with Crippen molar-refractivity contribution in [3.63, 3.8) is 0 Å². The van der Waals surface area contributed by atoms with Crippen molar-refractivity contribution in [3.8, 4) is 0 Å². The van der Waals surface area contributed by atoms with E-state index >= 15 is 0 Å². The fourth-order valence-corrected chi connectivity index (χ4v) is 1.51. The van der Waals surface area contributed by atoms with Crippen LogP contribution in [-0.4, -0.2) is 44.9 Å². The largest absolute Gasteiger partial charge is 0.477 e. The van der Waals surface area contributed by atoms with Gasteiger partial charge in [0, 0.05) is 6.04 Å². The van der Waals surface area contributed by atoms with Crippen LogP contribution in [0.4, 0.5) is 0 Å². The van der Waals surface area contributed by atoms with Gasteiger partial charge in [-0.1, -0.05) is 0 Å². The molecule has 1 fully saturated rings. The zero-order chi connectivity index (χ0) is 14.0. The third kappa shape index (κ3) is 3.09. The zero-order valence-electron chi connectivity index (χ0n) is 10.3. The Kier molecular flexibility index (Phi) is 3.50. The molecule has 4 N–H and O–H groups in total. The molecule has 1 saturated carbocycles. The van der Waals surface area contributed by atoms with Gasteiger partial charge in [0.1, 0.15) is 6.04 Å². The molecule has 0 saturated heterocycles. The number of carboxylic acid groups (broad SMARTS) is 1. The Hall–Kier alpha value is -2.38. The Morgan fingerprint density at radius 1 is 1.47 bits per heavy atom. The normalized spacial score (nSPS) is 15.6. The van der Waals surface area contributed by atoms with Crippen LogP contribution in [0.25, 0.3) is 0 Å². The maximum Gasteiger partial charge on any atom is 0.354 e. The summed E-state index contributed by atoms with van der Waals surface area (Å²) in [4.78, 5) is 40.3. The topological polar surface area (TPSA) is 124 Å². The molecule has 0 bridgehead atoms. The third-order valence-corrected chi connectivity index (χ3v) is 2.73. The number of amides is 2. The van der Waals surface area contributed by atoms with Gasteiger partial charge in [0.15, 0.2) is 11.4 Å². The predicted molar refractivity (Wildman–Crippen MR) is 63.6 cm³/mol. The number of H-pyrrole nitrogens is 1. The van der Waals surface area contributed by atoms with Crippen LogP contribution in [0.15, 0.2) is 6.33 Å². The minimum Gasteiger partial charge on any atom is -0.477 e. The predicted octanol–water partition coefficient (Wildman–Crippen LogP) is -0.495. The van der Waals surface area contributed by atoms with E-state index in [1.807, 2.05) is 0 Å². The molecule has 1 unspecified atom stereocenters. The number of carboxylic acids is 1. The summed E-state index contributed by atoms with van der Waals surface area (Å²) in [7, 11) is 0. The van der Waals surface area contributed by atoms with E-state index in [4.69, 9.17) is 5.11 Å². The highest BCUT2D eigenvalue weighted by Gasteiger charge is 2.27. The first-order valence-electron chi connectivity index (χ1n) is 5.87. The number of hydrogen-bond acceptors (Lipinski definition) is 4. The molecule has 0 spiro atoms. The molecular formula is C11H14N4O4. The van der Waals surface area contributed by atoms with E-state index < -0.39 is 17.9 Å². The molecule has 1 heterocycles. The van der Waals surface area contributed by atoms with Crippen LogP contribution in [-0.2, 0) is 4.79 Å². The number of nitrogens with zero attached hydrogens (tertiary/aromatic N) is 1. The van der Waals surface area contributed by atoms with Gasteiger partial charge in [-0.15, -0.1) is 0 Å². The first-order valence-corrected chi connectivity index (χ1v) is 5.87. The minimum atomic E-state index is -1.28. The van der Waals surface area contributed by atoms with E-state index in [1.54, 1.807) is 0 Å². The molecule has 8 nitrogen and oxygen atoms in total. The number of hydrogen-bond donors (Lipinski definition) is 4. The van der Waals surface area contributed by atoms with Crippen molar-refractivity contribution in [1.29, 1.82) is 0 Å². The summed E-state index contributed by atoms with van der Waals surface area (Å²) in [6.07, 6.45) is 3.02. The molecule has 0 aliphatic heterocycles. The van der Waals surface area contributed by atoms with Crippen LogP contribution >= 0.6 is 0 Å². The van der Waals surface area contributed by atoms with Gasteiger partial charge < -0.3 is 20.7 Å². The van der Waals surface area contributed by atoms with Crippen molar-refractivity contribution < 1.29 is 19.5 Å². The Morgan fingerprint density at radius 2 is 2.16 bits per heavy atom. The van der Waals surface area contributed by atoms with Crippen LogP contribution in [0.3, 0.4) is 0 Å². The molecule has 102 valence electrons.